The van der Waals surface area contributed by atoms with Crippen molar-refractivity contribution < 1.29 is 9.94 Å². The van der Waals surface area contributed by atoms with E-state index < -0.39 is 0 Å². The summed E-state index contributed by atoms with van der Waals surface area (Å²) >= 11 is 0. The van der Waals surface area contributed by atoms with Crippen molar-refractivity contribution in [1.29, 1.82) is 0 Å². The van der Waals surface area contributed by atoms with Gasteiger partial charge in [-0.2, -0.15) is 0 Å². The van der Waals surface area contributed by atoms with Crippen LogP contribution in [0, 0.1) is 6.92 Å². The topological polar surface area (TPSA) is 85.7 Å². The van der Waals surface area contributed by atoms with Gasteiger partial charge >= 0.3 is 0 Å². The zero-order chi connectivity index (χ0) is 13.8. The first-order chi connectivity index (χ1) is 9.15. The molecule has 0 aliphatic rings. The van der Waals surface area contributed by atoms with Gasteiger partial charge in [0.05, 0.1) is 12.7 Å². The molecule has 1 aromatic carbocycles. The zero-order valence-electron chi connectivity index (χ0n) is 10.9. The number of amidine groups is 1. The van der Waals surface area contributed by atoms with E-state index in [0.29, 0.717) is 17.9 Å². The lowest BCUT2D eigenvalue weighted by molar-refractivity contribution is 0.318. The van der Waals surface area contributed by atoms with Gasteiger partial charge in [-0.3, -0.25) is 0 Å². The van der Waals surface area contributed by atoms with Gasteiger partial charge in [-0.1, -0.05) is 11.2 Å². The molecule has 1 aromatic heterocycles. The van der Waals surface area contributed by atoms with Crippen LogP contribution in [0.15, 0.2) is 35.7 Å². The smallest absolute Gasteiger partial charge is 0.173 e. The van der Waals surface area contributed by atoms with E-state index in [1.165, 1.54) is 0 Å². The van der Waals surface area contributed by atoms with Crippen molar-refractivity contribution in [3.8, 4) is 5.75 Å². The van der Waals surface area contributed by atoms with E-state index in [0.717, 1.165) is 11.4 Å². The number of hydrogen-bond donors (Lipinski definition) is 2. The SMILES string of the molecule is COc1ccc(Cn2ccnc2C)cc1C(N)=NO. The van der Waals surface area contributed by atoms with E-state index in [1.54, 1.807) is 19.4 Å². The lowest BCUT2D eigenvalue weighted by Gasteiger charge is -2.11. The highest BCUT2D eigenvalue weighted by atomic mass is 16.5. The molecule has 0 amide bonds. The van der Waals surface area contributed by atoms with Crippen molar-refractivity contribution in [3.63, 3.8) is 0 Å². The van der Waals surface area contributed by atoms with Gasteiger partial charge in [0, 0.05) is 18.9 Å². The Morgan fingerprint density at radius 1 is 1.53 bits per heavy atom. The molecule has 0 saturated carbocycles. The second kappa shape index (κ2) is 5.43. The number of nitrogens with zero attached hydrogens (tertiary/aromatic N) is 3. The summed E-state index contributed by atoms with van der Waals surface area (Å²) in [5.41, 5.74) is 7.23. The van der Waals surface area contributed by atoms with Gasteiger partial charge in [-0.05, 0) is 24.6 Å². The summed E-state index contributed by atoms with van der Waals surface area (Å²) in [6.07, 6.45) is 3.66. The Balaban J connectivity index is 2.35. The Morgan fingerprint density at radius 2 is 2.32 bits per heavy atom. The van der Waals surface area contributed by atoms with Gasteiger partial charge < -0.3 is 20.2 Å². The predicted molar refractivity (Wildman–Crippen MR) is 71.6 cm³/mol. The summed E-state index contributed by atoms with van der Waals surface area (Å²) in [6, 6.07) is 5.58. The molecule has 19 heavy (non-hydrogen) atoms. The third kappa shape index (κ3) is 2.67. The van der Waals surface area contributed by atoms with Crippen LogP contribution < -0.4 is 10.5 Å². The molecule has 0 unspecified atom stereocenters. The summed E-state index contributed by atoms with van der Waals surface area (Å²) in [4.78, 5) is 4.17. The fourth-order valence-corrected chi connectivity index (χ4v) is 1.88. The maximum Gasteiger partial charge on any atom is 0.173 e. The summed E-state index contributed by atoms with van der Waals surface area (Å²) < 4.78 is 7.20. The highest BCUT2D eigenvalue weighted by Crippen LogP contribution is 2.20. The fourth-order valence-electron chi connectivity index (χ4n) is 1.88. The molecular weight excluding hydrogens is 244 g/mol. The molecule has 6 nitrogen and oxygen atoms in total. The molecule has 2 aromatic rings. The largest absolute Gasteiger partial charge is 0.496 e. The number of oxime groups is 1. The number of aromatic nitrogens is 2. The molecule has 6 heteroatoms. The minimum atomic E-state index is 0.0288. The van der Waals surface area contributed by atoms with Crippen molar-refractivity contribution in [1.82, 2.24) is 9.55 Å². The first kappa shape index (κ1) is 12.9. The van der Waals surface area contributed by atoms with Gasteiger partial charge in [-0.15, -0.1) is 0 Å². The van der Waals surface area contributed by atoms with Gasteiger partial charge in [0.1, 0.15) is 11.6 Å². The van der Waals surface area contributed by atoms with Gasteiger partial charge in [0.2, 0.25) is 0 Å². The highest BCUT2D eigenvalue weighted by Gasteiger charge is 2.09. The number of ether oxygens (including phenoxy) is 1. The van der Waals surface area contributed by atoms with Crippen molar-refractivity contribution in [3.05, 3.63) is 47.5 Å². The van der Waals surface area contributed by atoms with E-state index in [1.807, 2.05) is 29.8 Å². The van der Waals surface area contributed by atoms with Crippen LogP contribution in [0.5, 0.6) is 5.75 Å². The Labute approximate surface area is 111 Å². The minimum absolute atomic E-state index is 0.0288. The second-order valence-corrected chi connectivity index (χ2v) is 4.12. The van der Waals surface area contributed by atoms with Crippen LogP contribution in [-0.4, -0.2) is 27.7 Å². The lowest BCUT2D eigenvalue weighted by Crippen LogP contribution is -2.15. The maximum absolute atomic E-state index is 8.79. The van der Waals surface area contributed by atoms with Crippen LogP contribution in [-0.2, 0) is 6.54 Å². The molecule has 0 spiro atoms. The summed E-state index contributed by atoms with van der Waals surface area (Å²) in [7, 11) is 1.54. The summed E-state index contributed by atoms with van der Waals surface area (Å²) in [6.45, 7) is 2.61. The number of rotatable bonds is 4. The normalized spacial score (nSPS) is 11.6. The van der Waals surface area contributed by atoms with Crippen LogP contribution in [0.3, 0.4) is 0 Å². The van der Waals surface area contributed by atoms with E-state index in [2.05, 4.69) is 10.1 Å². The highest BCUT2D eigenvalue weighted by molar-refractivity contribution is 5.99. The number of benzene rings is 1. The molecule has 100 valence electrons. The van der Waals surface area contributed by atoms with E-state index in [-0.39, 0.29) is 5.84 Å². The molecule has 0 aliphatic carbocycles. The van der Waals surface area contributed by atoms with Crippen LogP contribution >= 0.6 is 0 Å². The summed E-state index contributed by atoms with van der Waals surface area (Å²) in [5.74, 6) is 1.53. The zero-order valence-corrected chi connectivity index (χ0v) is 10.9. The quantitative estimate of drug-likeness (QED) is 0.376. The average Bonchev–Trinajstić information content (AvgIpc) is 2.83. The Kier molecular flexibility index (Phi) is 3.70. The average molecular weight is 260 g/mol. The van der Waals surface area contributed by atoms with Crippen LogP contribution in [0.2, 0.25) is 0 Å². The molecule has 3 N–H and O–H groups in total. The molecule has 0 atom stereocenters. The minimum Gasteiger partial charge on any atom is -0.496 e. The molecular formula is C13H16N4O2. The second-order valence-electron chi connectivity index (χ2n) is 4.12. The van der Waals surface area contributed by atoms with E-state index in [4.69, 9.17) is 15.7 Å². The van der Waals surface area contributed by atoms with E-state index in [9.17, 15) is 0 Å². The molecule has 1 heterocycles. The molecule has 0 saturated heterocycles. The predicted octanol–water partition coefficient (Wildman–Crippen LogP) is 1.34. The molecule has 0 aliphatic heterocycles. The maximum atomic E-state index is 8.79. The fraction of sp³-hybridized carbons (Fsp3) is 0.231. The van der Waals surface area contributed by atoms with Crippen molar-refractivity contribution in [2.45, 2.75) is 13.5 Å². The monoisotopic (exact) mass is 260 g/mol. The molecule has 0 bridgehead atoms. The first-order valence-electron chi connectivity index (χ1n) is 5.78. The van der Waals surface area contributed by atoms with Crippen LogP contribution in [0.1, 0.15) is 17.0 Å². The van der Waals surface area contributed by atoms with Crippen LogP contribution in [0.4, 0.5) is 0 Å². The number of imidazole rings is 1. The van der Waals surface area contributed by atoms with Crippen LogP contribution in [0.25, 0.3) is 0 Å². The molecule has 0 fully saturated rings. The van der Waals surface area contributed by atoms with Gasteiger partial charge in [0.15, 0.2) is 5.84 Å². The Bertz CT molecular complexity index is 604. The summed E-state index contributed by atoms with van der Waals surface area (Å²) in [5, 5.41) is 11.8. The first-order valence-corrected chi connectivity index (χ1v) is 5.78. The molecule has 0 radical (unpaired) electrons. The number of aryl methyl sites for hydroxylation is 1. The van der Waals surface area contributed by atoms with Crippen molar-refractivity contribution in [2.75, 3.05) is 7.11 Å². The number of methoxy groups -OCH3 is 1. The standard InChI is InChI=1S/C13H16N4O2/c1-9-15-5-6-17(9)8-10-3-4-12(19-2)11(7-10)13(14)16-18/h3-7,18H,8H2,1-2H3,(H2,14,16). The lowest BCUT2D eigenvalue weighted by atomic mass is 10.1. The number of nitrogens with two attached hydrogens (primary N) is 1. The van der Waals surface area contributed by atoms with Gasteiger partial charge in [-0.25, -0.2) is 4.98 Å². The van der Waals surface area contributed by atoms with Crippen molar-refractivity contribution >= 4 is 5.84 Å². The Hall–Kier alpha value is -2.50. The number of hydrogen-bond acceptors (Lipinski definition) is 4. The third-order valence-electron chi connectivity index (χ3n) is 2.92. The molecule has 2 rings (SSSR count). The Morgan fingerprint density at radius 3 is 2.89 bits per heavy atom. The van der Waals surface area contributed by atoms with Crippen molar-refractivity contribution in [2.24, 2.45) is 10.9 Å². The third-order valence-corrected chi connectivity index (χ3v) is 2.92. The van der Waals surface area contributed by atoms with Gasteiger partial charge in [0.25, 0.3) is 0 Å². The van der Waals surface area contributed by atoms with E-state index >= 15 is 0 Å².